The lowest BCUT2D eigenvalue weighted by Crippen LogP contribution is -2.53. The van der Waals surface area contributed by atoms with Crippen LogP contribution in [0.15, 0.2) is 12.1 Å². The zero-order chi connectivity index (χ0) is 22.3. The molecule has 1 aromatic rings. The molecule has 4 fully saturated rings. The average Bonchev–Trinajstić information content (AvgIpc) is 3.28. The van der Waals surface area contributed by atoms with Crippen LogP contribution in [0.25, 0.3) is 0 Å². The van der Waals surface area contributed by atoms with Crippen molar-refractivity contribution in [1.29, 1.82) is 0 Å². The lowest BCUT2D eigenvalue weighted by Gasteiger charge is -2.41. The average molecular weight is 458 g/mol. The van der Waals surface area contributed by atoms with Crippen LogP contribution >= 0.6 is 11.3 Å². The van der Waals surface area contributed by atoms with Crippen molar-refractivity contribution < 1.29 is 14.4 Å². The predicted octanol–water partition coefficient (Wildman–Crippen LogP) is 3.67. The predicted molar refractivity (Wildman–Crippen MR) is 125 cm³/mol. The van der Waals surface area contributed by atoms with Crippen molar-refractivity contribution in [3.8, 4) is 0 Å². The molecule has 2 aliphatic heterocycles. The minimum atomic E-state index is 0.00514. The first-order chi connectivity index (χ1) is 15.5. The third-order valence-electron chi connectivity index (χ3n) is 8.42. The summed E-state index contributed by atoms with van der Waals surface area (Å²) in [5, 5.41) is 0. The Bertz CT molecular complexity index is 875. The van der Waals surface area contributed by atoms with Crippen molar-refractivity contribution in [2.24, 2.45) is 11.3 Å². The third-order valence-corrected chi connectivity index (χ3v) is 9.59. The molecule has 0 N–H and O–H groups in total. The van der Waals surface area contributed by atoms with Gasteiger partial charge >= 0.3 is 0 Å². The van der Waals surface area contributed by atoms with Crippen LogP contribution in [0.4, 0.5) is 0 Å². The molecule has 2 amide bonds. The van der Waals surface area contributed by atoms with Crippen molar-refractivity contribution in [1.82, 2.24) is 14.7 Å². The number of likely N-dealkylation sites (tertiary alicyclic amines) is 1. The van der Waals surface area contributed by atoms with E-state index in [-0.39, 0.29) is 23.0 Å². The molecule has 174 valence electrons. The first kappa shape index (κ1) is 22.1. The SMILES string of the molecule is CC(=O)c1ccc(C(=O)N2CCC3(CC2)CC3C(=O)N2CCN(C3CCCCC3)CC2)s1. The van der Waals surface area contributed by atoms with E-state index in [9.17, 15) is 14.4 Å². The molecule has 1 atom stereocenters. The van der Waals surface area contributed by atoms with E-state index in [1.54, 1.807) is 12.1 Å². The number of thiophene rings is 1. The zero-order valence-corrected chi connectivity index (χ0v) is 20.0. The Morgan fingerprint density at radius 3 is 2.16 bits per heavy atom. The van der Waals surface area contributed by atoms with E-state index in [0.717, 1.165) is 51.5 Å². The summed E-state index contributed by atoms with van der Waals surface area (Å²) >= 11 is 1.29. The second-order valence-electron chi connectivity index (χ2n) is 10.3. The molecular weight excluding hydrogens is 422 g/mol. The molecule has 1 unspecified atom stereocenters. The number of piperazine rings is 1. The highest BCUT2D eigenvalue weighted by Gasteiger charge is 2.59. The summed E-state index contributed by atoms with van der Waals surface area (Å²) in [6.45, 7) is 6.78. The number of rotatable bonds is 4. The van der Waals surface area contributed by atoms with Gasteiger partial charge in [0.1, 0.15) is 0 Å². The van der Waals surface area contributed by atoms with Crippen molar-refractivity contribution in [3.05, 3.63) is 21.9 Å². The summed E-state index contributed by atoms with van der Waals surface area (Å²) in [5.74, 6) is 0.551. The van der Waals surface area contributed by atoms with Crippen LogP contribution in [0.5, 0.6) is 0 Å². The van der Waals surface area contributed by atoms with Gasteiger partial charge in [0, 0.05) is 51.2 Å². The number of carbonyl (C=O) groups excluding carboxylic acids is 3. The Labute approximate surface area is 194 Å². The second-order valence-corrected chi connectivity index (χ2v) is 11.4. The zero-order valence-electron chi connectivity index (χ0n) is 19.2. The van der Waals surface area contributed by atoms with Crippen molar-refractivity contribution in [2.75, 3.05) is 39.3 Å². The highest BCUT2D eigenvalue weighted by molar-refractivity contribution is 7.15. The number of nitrogens with zero attached hydrogens (tertiary/aromatic N) is 3. The van der Waals surface area contributed by atoms with Gasteiger partial charge in [0.15, 0.2) is 5.78 Å². The first-order valence-electron chi connectivity index (χ1n) is 12.4. The van der Waals surface area contributed by atoms with Crippen LogP contribution in [0.3, 0.4) is 0 Å². The van der Waals surface area contributed by atoms with Gasteiger partial charge < -0.3 is 9.80 Å². The van der Waals surface area contributed by atoms with Crippen LogP contribution < -0.4 is 0 Å². The number of hydrogen-bond donors (Lipinski definition) is 0. The summed E-state index contributed by atoms with van der Waals surface area (Å²) in [6.07, 6.45) is 9.59. The van der Waals surface area contributed by atoms with Crippen LogP contribution in [0.2, 0.25) is 0 Å². The molecule has 2 saturated carbocycles. The Morgan fingerprint density at radius 2 is 1.53 bits per heavy atom. The summed E-state index contributed by atoms with van der Waals surface area (Å²) in [7, 11) is 0. The van der Waals surface area contributed by atoms with E-state index in [1.807, 2.05) is 4.90 Å². The maximum absolute atomic E-state index is 13.2. The highest BCUT2D eigenvalue weighted by Crippen LogP contribution is 2.60. The van der Waals surface area contributed by atoms with Crippen molar-refractivity contribution >= 4 is 28.9 Å². The molecular formula is C25H35N3O3S. The number of Topliss-reactive ketones (excluding diaryl/α,β-unsaturated/α-hetero) is 1. The van der Waals surface area contributed by atoms with Crippen molar-refractivity contribution in [3.63, 3.8) is 0 Å². The van der Waals surface area contributed by atoms with Gasteiger partial charge in [0.05, 0.1) is 9.75 Å². The second kappa shape index (κ2) is 8.90. The topological polar surface area (TPSA) is 60.9 Å². The summed E-state index contributed by atoms with van der Waals surface area (Å²) in [4.78, 5) is 45.5. The van der Waals surface area contributed by atoms with Gasteiger partial charge in [0.25, 0.3) is 5.91 Å². The fraction of sp³-hybridized carbons (Fsp3) is 0.720. The third kappa shape index (κ3) is 4.26. The minimum Gasteiger partial charge on any atom is -0.340 e. The molecule has 7 heteroatoms. The van der Waals surface area contributed by atoms with Crippen molar-refractivity contribution in [2.45, 2.75) is 64.3 Å². The van der Waals surface area contributed by atoms with Gasteiger partial charge in [-0.3, -0.25) is 19.3 Å². The smallest absolute Gasteiger partial charge is 0.263 e. The molecule has 0 aromatic carbocycles. The standard InChI is InChI=1S/C25H35N3O3S/c1-18(29)21-7-8-22(32-21)24(31)27-11-9-25(10-12-27)17-20(25)23(30)28-15-13-26(14-16-28)19-5-3-2-4-6-19/h7-8,19-20H,2-6,9-17H2,1H3. The summed E-state index contributed by atoms with van der Waals surface area (Å²) < 4.78 is 0. The summed E-state index contributed by atoms with van der Waals surface area (Å²) in [5.41, 5.74) is 0.119. The van der Waals surface area contributed by atoms with Gasteiger partial charge in [-0.1, -0.05) is 19.3 Å². The normalized spacial score (nSPS) is 26.3. The molecule has 2 saturated heterocycles. The quantitative estimate of drug-likeness (QED) is 0.648. The number of carbonyl (C=O) groups is 3. The van der Waals surface area contributed by atoms with Gasteiger partial charge in [-0.25, -0.2) is 0 Å². The van der Waals surface area contributed by atoms with Gasteiger partial charge in [-0.15, -0.1) is 11.3 Å². The highest BCUT2D eigenvalue weighted by atomic mass is 32.1. The number of amides is 2. The Morgan fingerprint density at radius 1 is 0.875 bits per heavy atom. The first-order valence-corrected chi connectivity index (χ1v) is 13.2. The van der Waals surface area contributed by atoms with Crippen LogP contribution in [-0.2, 0) is 4.79 Å². The molecule has 5 rings (SSSR count). The number of ketones is 1. The Kier molecular flexibility index (Phi) is 6.14. The molecule has 3 heterocycles. The maximum atomic E-state index is 13.2. The monoisotopic (exact) mass is 457 g/mol. The van der Waals surface area contributed by atoms with E-state index in [2.05, 4.69) is 9.80 Å². The fourth-order valence-electron chi connectivity index (χ4n) is 6.18. The molecule has 32 heavy (non-hydrogen) atoms. The number of piperidine rings is 1. The van der Waals surface area contributed by atoms with Crippen LogP contribution in [0, 0.1) is 11.3 Å². The van der Waals surface area contributed by atoms with E-state index in [0.29, 0.717) is 28.8 Å². The Hall–Kier alpha value is -1.73. The molecule has 1 spiro atoms. The molecule has 0 radical (unpaired) electrons. The Balaban J connectivity index is 1.10. The van der Waals surface area contributed by atoms with E-state index in [1.165, 1.54) is 50.4 Å². The minimum absolute atomic E-state index is 0.00514. The molecule has 1 aromatic heterocycles. The number of hydrogen-bond acceptors (Lipinski definition) is 5. The van der Waals surface area contributed by atoms with E-state index in [4.69, 9.17) is 0 Å². The van der Waals surface area contributed by atoms with E-state index < -0.39 is 0 Å². The molecule has 4 aliphatic rings. The van der Waals surface area contributed by atoms with Gasteiger partial charge in [0.2, 0.25) is 5.91 Å². The maximum Gasteiger partial charge on any atom is 0.263 e. The molecule has 0 bridgehead atoms. The fourth-order valence-corrected chi connectivity index (χ4v) is 7.05. The van der Waals surface area contributed by atoms with Gasteiger partial charge in [-0.2, -0.15) is 0 Å². The van der Waals surface area contributed by atoms with Crippen LogP contribution in [-0.4, -0.2) is 77.6 Å². The lowest BCUT2D eigenvalue weighted by atomic mass is 9.90. The molecule has 2 aliphatic carbocycles. The van der Waals surface area contributed by atoms with Gasteiger partial charge in [-0.05, 0) is 56.6 Å². The van der Waals surface area contributed by atoms with E-state index >= 15 is 0 Å². The summed E-state index contributed by atoms with van der Waals surface area (Å²) in [6, 6.07) is 4.25. The lowest BCUT2D eigenvalue weighted by molar-refractivity contribution is -0.136. The largest absolute Gasteiger partial charge is 0.340 e. The van der Waals surface area contributed by atoms with Crippen LogP contribution in [0.1, 0.15) is 77.6 Å². The molecule has 6 nitrogen and oxygen atoms in total.